The lowest BCUT2D eigenvalue weighted by Crippen LogP contribution is -2.18. The van der Waals surface area contributed by atoms with Crippen LogP contribution in [0.2, 0.25) is 0 Å². The van der Waals surface area contributed by atoms with E-state index in [0.717, 1.165) is 12.8 Å². The molecule has 14 heavy (non-hydrogen) atoms. The van der Waals surface area contributed by atoms with Crippen molar-refractivity contribution in [3.63, 3.8) is 0 Å². The van der Waals surface area contributed by atoms with Gasteiger partial charge in [-0.05, 0) is 12.8 Å². The maximum absolute atomic E-state index is 11.9. The number of nitrogens with zero attached hydrogens (tertiary/aromatic N) is 2. The van der Waals surface area contributed by atoms with E-state index in [4.69, 9.17) is 0 Å². The zero-order chi connectivity index (χ0) is 9.80. The van der Waals surface area contributed by atoms with Crippen molar-refractivity contribution in [2.75, 3.05) is 0 Å². The van der Waals surface area contributed by atoms with Crippen LogP contribution in [0.1, 0.15) is 42.6 Å². The van der Waals surface area contributed by atoms with Crippen molar-refractivity contribution >= 4 is 5.78 Å². The molecule has 3 heteroatoms. The Morgan fingerprint density at radius 1 is 1.21 bits per heavy atom. The number of hydrogen-bond donors (Lipinski definition) is 0. The third kappa shape index (κ3) is 1.97. The maximum Gasteiger partial charge on any atom is 0.185 e. The first-order chi connectivity index (χ1) is 6.88. The molecule has 1 aromatic rings. The van der Waals surface area contributed by atoms with Crippen molar-refractivity contribution in [2.45, 2.75) is 32.1 Å². The smallest absolute Gasteiger partial charge is 0.185 e. The summed E-state index contributed by atoms with van der Waals surface area (Å²) in [6, 6.07) is 0. The Bertz CT molecular complexity index is 304. The van der Waals surface area contributed by atoms with Crippen LogP contribution in [0.5, 0.6) is 0 Å². The Morgan fingerprint density at radius 3 is 2.64 bits per heavy atom. The summed E-state index contributed by atoms with van der Waals surface area (Å²) in [6.45, 7) is 0. The van der Waals surface area contributed by atoms with Crippen molar-refractivity contribution in [2.24, 2.45) is 5.92 Å². The number of hydrogen-bond acceptors (Lipinski definition) is 3. The summed E-state index contributed by atoms with van der Waals surface area (Å²) in [6.07, 6.45) is 10.4. The van der Waals surface area contributed by atoms with Gasteiger partial charge in [0.2, 0.25) is 0 Å². The number of carbonyl (C=O) groups is 1. The molecular weight excluding hydrogens is 176 g/mol. The van der Waals surface area contributed by atoms with Gasteiger partial charge < -0.3 is 0 Å². The molecule has 1 fully saturated rings. The molecule has 2 rings (SSSR count). The lowest BCUT2D eigenvalue weighted by Gasteiger charge is -2.19. The Labute approximate surface area is 83.6 Å². The average Bonchev–Trinajstić information content (AvgIpc) is 2.30. The molecule has 1 aromatic heterocycles. The number of rotatable bonds is 2. The van der Waals surface area contributed by atoms with Crippen molar-refractivity contribution in [3.8, 4) is 0 Å². The standard InChI is InChI=1S/C11H14N2O/c14-11(9-4-2-1-3-5-9)10-8-12-6-7-13-10/h6-9H,1-5H2. The summed E-state index contributed by atoms with van der Waals surface area (Å²) >= 11 is 0. The van der Waals surface area contributed by atoms with Crippen LogP contribution in [0, 0.1) is 5.92 Å². The van der Waals surface area contributed by atoms with Crippen molar-refractivity contribution in [1.82, 2.24) is 9.97 Å². The SMILES string of the molecule is O=C(c1cnccn1)C1CCCCC1. The predicted octanol–water partition coefficient (Wildman–Crippen LogP) is 2.24. The van der Waals surface area contributed by atoms with Gasteiger partial charge in [0.05, 0.1) is 6.20 Å². The molecule has 0 unspecified atom stereocenters. The van der Waals surface area contributed by atoms with Gasteiger partial charge in [-0.1, -0.05) is 19.3 Å². The maximum atomic E-state index is 11.9. The molecule has 0 saturated heterocycles. The van der Waals surface area contributed by atoms with Gasteiger partial charge in [-0.2, -0.15) is 0 Å². The van der Waals surface area contributed by atoms with Crippen LogP contribution in [0.15, 0.2) is 18.6 Å². The van der Waals surface area contributed by atoms with Crippen molar-refractivity contribution < 1.29 is 4.79 Å². The number of Topliss-reactive ketones (excluding diaryl/α,β-unsaturated/α-hetero) is 1. The van der Waals surface area contributed by atoms with Gasteiger partial charge in [-0.25, -0.2) is 4.98 Å². The third-order valence-electron chi connectivity index (χ3n) is 2.79. The minimum atomic E-state index is 0.179. The summed E-state index contributed by atoms with van der Waals surface area (Å²) in [5, 5.41) is 0. The molecule has 0 aliphatic heterocycles. The fraction of sp³-hybridized carbons (Fsp3) is 0.545. The van der Waals surface area contributed by atoms with E-state index in [2.05, 4.69) is 9.97 Å². The van der Waals surface area contributed by atoms with E-state index in [-0.39, 0.29) is 11.7 Å². The van der Waals surface area contributed by atoms with E-state index in [1.54, 1.807) is 18.6 Å². The van der Waals surface area contributed by atoms with Crippen LogP contribution in [0.4, 0.5) is 0 Å². The Morgan fingerprint density at radius 2 is 2.00 bits per heavy atom. The third-order valence-corrected chi connectivity index (χ3v) is 2.79. The molecule has 1 saturated carbocycles. The van der Waals surface area contributed by atoms with Crippen LogP contribution in [-0.4, -0.2) is 15.8 Å². The van der Waals surface area contributed by atoms with Crippen LogP contribution < -0.4 is 0 Å². The van der Waals surface area contributed by atoms with Crippen molar-refractivity contribution in [1.29, 1.82) is 0 Å². The van der Waals surface area contributed by atoms with E-state index in [1.807, 2.05) is 0 Å². The van der Waals surface area contributed by atoms with Crippen LogP contribution in [-0.2, 0) is 0 Å². The molecule has 74 valence electrons. The number of ketones is 1. The second kappa shape index (κ2) is 4.31. The minimum Gasteiger partial charge on any atom is -0.292 e. The second-order valence-electron chi connectivity index (χ2n) is 3.79. The van der Waals surface area contributed by atoms with Gasteiger partial charge in [0.1, 0.15) is 5.69 Å². The summed E-state index contributed by atoms with van der Waals surface area (Å²) in [5.74, 6) is 0.373. The molecule has 0 atom stereocenters. The molecule has 1 aliphatic rings. The van der Waals surface area contributed by atoms with Gasteiger partial charge in [0, 0.05) is 18.3 Å². The highest BCUT2D eigenvalue weighted by Gasteiger charge is 2.22. The fourth-order valence-corrected chi connectivity index (χ4v) is 2.00. The molecule has 0 aromatic carbocycles. The highest BCUT2D eigenvalue weighted by Crippen LogP contribution is 2.25. The van der Waals surface area contributed by atoms with E-state index in [1.165, 1.54) is 19.3 Å². The average molecular weight is 190 g/mol. The highest BCUT2D eigenvalue weighted by atomic mass is 16.1. The van der Waals surface area contributed by atoms with Crippen molar-refractivity contribution in [3.05, 3.63) is 24.3 Å². The number of carbonyl (C=O) groups excluding carboxylic acids is 1. The second-order valence-corrected chi connectivity index (χ2v) is 3.79. The zero-order valence-electron chi connectivity index (χ0n) is 8.15. The van der Waals surface area contributed by atoms with E-state index in [9.17, 15) is 4.79 Å². The fourth-order valence-electron chi connectivity index (χ4n) is 2.00. The van der Waals surface area contributed by atoms with E-state index in [0.29, 0.717) is 5.69 Å². The lowest BCUT2D eigenvalue weighted by atomic mass is 9.85. The quantitative estimate of drug-likeness (QED) is 0.672. The summed E-state index contributed by atoms with van der Waals surface area (Å²) in [5.41, 5.74) is 0.527. The molecule has 1 aliphatic carbocycles. The van der Waals surface area contributed by atoms with Crippen LogP contribution in [0.3, 0.4) is 0 Å². The molecule has 0 radical (unpaired) electrons. The number of aromatic nitrogens is 2. The van der Waals surface area contributed by atoms with E-state index >= 15 is 0 Å². The summed E-state index contributed by atoms with van der Waals surface area (Å²) in [4.78, 5) is 19.9. The first kappa shape index (κ1) is 9.31. The van der Waals surface area contributed by atoms with Gasteiger partial charge in [-0.3, -0.25) is 9.78 Å². The Hall–Kier alpha value is -1.25. The topological polar surface area (TPSA) is 42.9 Å². The molecule has 3 nitrogen and oxygen atoms in total. The molecule has 0 bridgehead atoms. The first-order valence-electron chi connectivity index (χ1n) is 5.18. The summed E-state index contributed by atoms with van der Waals surface area (Å²) in [7, 11) is 0. The van der Waals surface area contributed by atoms with Gasteiger partial charge in [-0.15, -0.1) is 0 Å². The largest absolute Gasteiger partial charge is 0.292 e. The van der Waals surface area contributed by atoms with Crippen LogP contribution in [0.25, 0.3) is 0 Å². The highest BCUT2D eigenvalue weighted by molar-refractivity contribution is 5.95. The zero-order valence-corrected chi connectivity index (χ0v) is 8.15. The minimum absolute atomic E-state index is 0.179. The lowest BCUT2D eigenvalue weighted by molar-refractivity contribution is 0.0884. The normalized spacial score (nSPS) is 18.0. The molecule has 0 amide bonds. The monoisotopic (exact) mass is 190 g/mol. The van der Waals surface area contributed by atoms with Gasteiger partial charge >= 0.3 is 0 Å². The molecule has 1 heterocycles. The van der Waals surface area contributed by atoms with Gasteiger partial charge in [0.25, 0.3) is 0 Å². The Kier molecular flexibility index (Phi) is 2.87. The molecule has 0 spiro atoms. The first-order valence-corrected chi connectivity index (χ1v) is 5.18. The predicted molar refractivity (Wildman–Crippen MR) is 52.9 cm³/mol. The van der Waals surface area contributed by atoms with Gasteiger partial charge in [0.15, 0.2) is 5.78 Å². The Balaban J connectivity index is 2.07. The molecule has 0 N–H and O–H groups in total. The molecular formula is C11H14N2O. The summed E-state index contributed by atoms with van der Waals surface area (Å²) < 4.78 is 0. The van der Waals surface area contributed by atoms with Crippen LogP contribution >= 0.6 is 0 Å². The van der Waals surface area contributed by atoms with E-state index < -0.39 is 0 Å².